The summed E-state index contributed by atoms with van der Waals surface area (Å²) in [5.41, 5.74) is 3.70. The molecule has 0 atom stereocenters. The fraction of sp³-hybridized carbons (Fsp3) is 0.429. The molecule has 4 nitrogen and oxygen atoms in total. The van der Waals surface area contributed by atoms with Crippen LogP contribution in [0.3, 0.4) is 0 Å². The second kappa shape index (κ2) is 5.36. The fourth-order valence-corrected chi connectivity index (χ4v) is 2.83. The van der Waals surface area contributed by atoms with Gasteiger partial charge in [-0.3, -0.25) is 0 Å². The largest absolute Gasteiger partial charge is 0.372 e. The van der Waals surface area contributed by atoms with Gasteiger partial charge in [0.1, 0.15) is 10.0 Å². The molecule has 0 radical (unpaired) electrons. The van der Waals surface area contributed by atoms with E-state index in [4.69, 9.17) is 4.74 Å². The molecule has 0 unspecified atom stereocenters. The number of ether oxygens (including phenoxy) is 1. The highest BCUT2D eigenvalue weighted by atomic mass is 32.1. The molecule has 3 rings (SSSR count). The molecular weight excluding hydrogens is 258 g/mol. The molecule has 1 N–H and O–H groups in total. The number of rotatable bonds is 4. The summed E-state index contributed by atoms with van der Waals surface area (Å²) >= 11 is 1.65. The van der Waals surface area contributed by atoms with Gasteiger partial charge in [0.25, 0.3) is 0 Å². The van der Waals surface area contributed by atoms with Gasteiger partial charge >= 0.3 is 0 Å². The highest BCUT2D eigenvalue weighted by Crippen LogP contribution is 2.28. The SMILES string of the molecule is CC(C)NCc1nnc(-c2ccc3c(c2)COC3)s1. The Bertz CT molecular complexity index is 580. The van der Waals surface area contributed by atoms with Crippen molar-refractivity contribution < 1.29 is 4.74 Å². The first-order chi connectivity index (χ1) is 9.22. The number of aromatic nitrogens is 2. The van der Waals surface area contributed by atoms with E-state index in [9.17, 15) is 0 Å². The minimum Gasteiger partial charge on any atom is -0.372 e. The zero-order chi connectivity index (χ0) is 13.2. The minimum absolute atomic E-state index is 0.462. The average Bonchev–Trinajstić information content (AvgIpc) is 3.04. The maximum atomic E-state index is 5.43. The van der Waals surface area contributed by atoms with Crippen molar-refractivity contribution >= 4 is 11.3 Å². The molecule has 0 amide bonds. The van der Waals surface area contributed by atoms with E-state index in [-0.39, 0.29) is 0 Å². The number of nitrogens with one attached hydrogen (secondary N) is 1. The molecule has 5 heteroatoms. The van der Waals surface area contributed by atoms with E-state index in [0.29, 0.717) is 12.6 Å². The van der Waals surface area contributed by atoms with E-state index < -0.39 is 0 Å². The number of benzene rings is 1. The van der Waals surface area contributed by atoms with Crippen LogP contribution in [-0.4, -0.2) is 16.2 Å². The Labute approximate surface area is 116 Å². The zero-order valence-electron chi connectivity index (χ0n) is 11.1. The van der Waals surface area contributed by atoms with Crippen LogP contribution in [0.5, 0.6) is 0 Å². The predicted octanol–water partition coefficient (Wildman–Crippen LogP) is 2.73. The minimum atomic E-state index is 0.462. The van der Waals surface area contributed by atoms with Crippen molar-refractivity contribution in [2.45, 2.75) is 39.6 Å². The van der Waals surface area contributed by atoms with Crippen LogP contribution in [0, 0.1) is 0 Å². The van der Waals surface area contributed by atoms with Crippen molar-refractivity contribution in [2.24, 2.45) is 0 Å². The highest BCUT2D eigenvalue weighted by molar-refractivity contribution is 7.14. The molecule has 0 saturated heterocycles. The second-order valence-electron chi connectivity index (χ2n) is 5.01. The first kappa shape index (κ1) is 12.7. The molecule has 0 fully saturated rings. The number of fused-ring (bicyclic) bond motifs is 1. The van der Waals surface area contributed by atoms with E-state index in [2.05, 4.69) is 47.6 Å². The van der Waals surface area contributed by atoms with Crippen molar-refractivity contribution in [2.75, 3.05) is 0 Å². The van der Waals surface area contributed by atoms with Gasteiger partial charge in [0.2, 0.25) is 0 Å². The number of hydrogen-bond donors (Lipinski definition) is 1. The summed E-state index contributed by atoms with van der Waals surface area (Å²) in [6.45, 7) is 6.48. The molecular formula is C14H17N3OS. The lowest BCUT2D eigenvalue weighted by atomic mass is 10.1. The van der Waals surface area contributed by atoms with E-state index in [1.807, 2.05) is 0 Å². The van der Waals surface area contributed by atoms with Gasteiger partial charge in [0.15, 0.2) is 0 Å². The predicted molar refractivity (Wildman–Crippen MR) is 75.8 cm³/mol. The highest BCUT2D eigenvalue weighted by Gasteiger charge is 2.14. The smallest absolute Gasteiger partial charge is 0.147 e. The lowest BCUT2D eigenvalue weighted by Gasteiger charge is -2.03. The summed E-state index contributed by atoms with van der Waals surface area (Å²) in [6.07, 6.45) is 0. The summed E-state index contributed by atoms with van der Waals surface area (Å²) < 4.78 is 5.43. The molecule has 0 bridgehead atoms. The van der Waals surface area contributed by atoms with Crippen molar-refractivity contribution in [3.05, 3.63) is 34.3 Å². The van der Waals surface area contributed by atoms with Crippen LogP contribution in [0.4, 0.5) is 0 Å². The molecule has 0 saturated carbocycles. The van der Waals surface area contributed by atoms with Crippen LogP contribution in [0.15, 0.2) is 18.2 Å². The van der Waals surface area contributed by atoms with Crippen LogP contribution >= 0.6 is 11.3 Å². The first-order valence-electron chi connectivity index (χ1n) is 6.48. The Morgan fingerprint density at radius 3 is 2.95 bits per heavy atom. The van der Waals surface area contributed by atoms with Gasteiger partial charge in [-0.1, -0.05) is 37.3 Å². The van der Waals surface area contributed by atoms with E-state index in [1.54, 1.807) is 11.3 Å². The Morgan fingerprint density at radius 1 is 1.26 bits per heavy atom. The van der Waals surface area contributed by atoms with E-state index in [0.717, 1.165) is 28.7 Å². The second-order valence-corrected chi connectivity index (χ2v) is 6.07. The molecule has 1 aliphatic heterocycles. The first-order valence-corrected chi connectivity index (χ1v) is 7.29. The Morgan fingerprint density at radius 2 is 2.11 bits per heavy atom. The monoisotopic (exact) mass is 275 g/mol. The molecule has 0 aliphatic carbocycles. The quantitative estimate of drug-likeness (QED) is 0.932. The van der Waals surface area contributed by atoms with Gasteiger partial charge in [-0.25, -0.2) is 0 Å². The number of hydrogen-bond acceptors (Lipinski definition) is 5. The van der Waals surface area contributed by atoms with Crippen LogP contribution < -0.4 is 5.32 Å². The number of nitrogens with zero attached hydrogens (tertiary/aromatic N) is 2. The zero-order valence-corrected chi connectivity index (χ0v) is 12.0. The summed E-state index contributed by atoms with van der Waals surface area (Å²) in [4.78, 5) is 0. The van der Waals surface area contributed by atoms with Crippen molar-refractivity contribution in [3.63, 3.8) is 0 Å². The molecule has 100 valence electrons. The van der Waals surface area contributed by atoms with Crippen LogP contribution in [-0.2, 0) is 24.5 Å². The van der Waals surface area contributed by atoms with Gasteiger partial charge in [0.05, 0.1) is 13.2 Å². The lowest BCUT2D eigenvalue weighted by molar-refractivity contribution is 0.134. The molecule has 1 aromatic heterocycles. The Balaban J connectivity index is 1.79. The summed E-state index contributed by atoms with van der Waals surface area (Å²) in [5.74, 6) is 0. The van der Waals surface area contributed by atoms with Crippen LogP contribution in [0.25, 0.3) is 10.6 Å². The van der Waals surface area contributed by atoms with E-state index in [1.165, 1.54) is 11.1 Å². The van der Waals surface area contributed by atoms with Gasteiger partial charge < -0.3 is 10.1 Å². The molecule has 1 aliphatic rings. The van der Waals surface area contributed by atoms with Gasteiger partial charge in [-0.2, -0.15) is 0 Å². The fourth-order valence-electron chi connectivity index (χ4n) is 2.04. The molecule has 0 spiro atoms. The third-order valence-electron chi connectivity index (χ3n) is 3.10. The third kappa shape index (κ3) is 2.83. The summed E-state index contributed by atoms with van der Waals surface area (Å²) in [7, 11) is 0. The Hall–Kier alpha value is -1.30. The lowest BCUT2D eigenvalue weighted by Crippen LogP contribution is -2.21. The van der Waals surface area contributed by atoms with Gasteiger partial charge in [-0.15, -0.1) is 10.2 Å². The molecule has 1 aromatic carbocycles. The van der Waals surface area contributed by atoms with Crippen molar-refractivity contribution in [3.8, 4) is 10.6 Å². The maximum absolute atomic E-state index is 5.43. The Kier molecular flexibility index (Phi) is 3.59. The standard InChI is InChI=1S/C14H17N3OS/c1-9(2)15-6-13-16-17-14(19-13)10-3-4-11-7-18-8-12(11)5-10/h3-5,9,15H,6-8H2,1-2H3. The van der Waals surface area contributed by atoms with Crippen molar-refractivity contribution in [1.82, 2.24) is 15.5 Å². The van der Waals surface area contributed by atoms with E-state index >= 15 is 0 Å². The normalized spacial score (nSPS) is 14.1. The van der Waals surface area contributed by atoms with Crippen LogP contribution in [0.2, 0.25) is 0 Å². The molecule has 19 heavy (non-hydrogen) atoms. The van der Waals surface area contributed by atoms with Crippen molar-refractivity contribution in [1.29, 1.82) is 0 Å². The topological polar surface area (TPSA) is 47.0 Å². The van der Waals surface area contributed by atoms with Gasteiger partial charge in [0, 0.05) is 18.2 Å². The van der Waals surface area contributed by atoms with Crippen LogP contribution in [0.1, 0.15) is 30.0 Å². The average molecular weight is 275 g/mol. The molecule has 2 heterocycles. The summed E-state index contributed by atoms with van der Waals surface area (Å²) in [5, 5.41) is 13.9. The molecule has 2 aromatic rings. The maximum Gasteiger partial charge on any atom is 0.147 e. The van der Waals surface area contributed by atoms with Gasteiger partial charge in [-0.05, 0) is 17.2 Å². The third-order valence-corrected chi connectivity index (χ3v) is 4.07. The summed E-state index contributed by atoms with van der Waals surface area (Å²) in [6, 6.07) is 6.87.